The highest BCUT2D eigenvalue weighted by atomic mass is 16.7. The van der Waals surface area contributed by atoms with Gasteiger partial charge in [-0.1, -0.05) is 274 Å². The highest BCUT2D eigenvalue weighted by Gasteiger charge is 2.22. The van der Waals surface area contributed by atoms with Gasteiger partial charge >= 0.3 is 11.9 Å². The van der Waals surface area contributed by atoms with Gasteiger partial charge in [0.25, 0.3) is 0 Å². The molecule has 0 aromatic carbocycles. The fourth-order valence-corrected chi connectivity index (χ4v) is 8.81. The topological polar surface area (TPSA) is 111 Å². The number of nitrogens with zero attached hydrogens (tertiary/aromatic N) is 1. The van der Waals surface area contributed by atoms with E-state index in [2.05, 4.69) is 74.6 Å². The Kier molecular flexibility index (Phi) is 53.9. The maximum absolute atomic E-state index is 12.8. The Morgan fingerprint density at radius 3 is 1.14 bits per heavy atom. The second kappa shape index (κ2) is 56.2. The van der Waals surface area contributed by atoms with E-state index in [0.29, 0.717) is 23.9 Å². The molecule has 0 amide bonds. The highest BCUT2D eigenvalue weighted by molar-refractivity contribution is 5.70. The number of quaternary nitrogens is 1. The maximum atomic E-state index is 12.8. The lowest BCUT2D eigenvalue weighted by molar-refractivity contribution is -0.870. The fraction of sp³-hybridized carbons (Fsp3) is 0.800. The molecule has 0 rings (SSSR count). The van der Waals surface area contributed by atoms with Crippen molar-refractivity contribution < 1.29 is 42.9 Å². The molecule has 9 heteroatoms. The third-order valence-electron chi connectivity index (χ3n) is 13.5. The molecule has 0 fully saturated rings. The zero-order valence-corrected chi connectivity index (χ0v) is 49.0. The normalized spacial score (nSPS) is 13.1. The molecular formula is C65H117NO8. The van der Waals surface area contributed by atoms with E-state index in [1.54, 1.807) is 0 Å². The number of hydrogen-bond donors (Lipinski definition) is 0. The van der Waals surface area contributed by atoms with Gasteiger partial charge in [-0.05, 0) is 51.4 Å². The van der Waals surface area contributed by atoms with Crippen LogP contribution in [0.5, 0.6) is 0 Å². The van der Waals surface area contributed by atoms with Crippen molar-refractivity contribution in [2.24, 2.45) is 0 Å². The van der Waals surface area contributed by atoms with Crippen molar-refractivity contribution in [3.63, 3.8) is 0 Å². The van der Waals surface area contributed by atoms with Crippen molar-refractivity contribution in [3.05, 3.63) is 60.8 Å². The Balaban J connectivity index is 4.11. The average Bonchev–Trinajstić information content (AvgIpc) is 3.37. The molecule has 0 spiro atoms. The van der Waals surface area contributed by atoms with E-state index in [1.165, 1.54) is 186 Å². The first-order valence-electron chi connectivity index (χ1n) is 30.9. The summed E-state index contributed by atoms with van der Waals surface area (Å²) in [6.07, 6.45) is 68.9. The van der Waals surface area contributed by atoms with Crippen LogP contribution in [0.15, 0.2) is 60.8 Å². The zero-order valence-electron chi connectivity index (χ0n) is 49.0. The van der Waals surface area contributed by atoms with Crippen LogP contribution in [-0.4, -0.2) is 82.3 Å². The van der Waals surface area contributed by atoms with Crippen LogP contribution >= 0.6 is 0 Å². The van der Waals surface area contributed by atoms with Gasteiger partial charge in [0, 0.05) is 12.8 Å². The number of carboxylic acid groups (broad SMARTS) is 1. The van der Waals surface area contributed by atoms with Crippen molar-refractivity contribution in [2.75, 3.05) is 47.5 Å². The van der Waals surface area contributed by atoms with Crippen molar-refractivity contribution in [2.45, 2.75) is 289 Å². The molecule has 2 atom stereocenters. The number of esters is 2. The molecule has 0 saturated heterocycles. The second-order valence-electron chi connectivity index (χ2n) is 22.0. The Labute approximate surface area is 456 Å². The first-order valence-corrected chi connectivity index (χ1v) is 30.9. The van der Waals surface area contributed by atoms with Crippen LogP contribution in [0.25, 0.3) is 0 Å². The number of unbranched alkanes of at least 4 members (excludes halogenated alkanes) is 32. The second-order valence-corrected chi connectivity index (χ2v) is 22.0. The first kappa shape index (κ1) is 71.0. The predicted octanol–water partition coefficient (Wildman–Crippen LogP) is 17.1. The average molecular weight is 1040 g/mol. The third-order valence-corrected chi connectivity index (χ3v) is 13.5. The van der Waals surface area contributed by atoms with Crippen LogP contribution in [-0.2, 0) is 33.3 Å². The number of allylic oxidation sites excluding steroid dienone is 10. The molecule has 0 bridgehead atoms. The largest absolute Gasteiger partial charge is 0.545 e. The highest BCUT2D eigenvalue weighted by Crippen LogP contribution is 2.18. The van der Waals surface area contributed by atoms with Gasteiger partial charge < -0.3 is 33.3 Å². The summed E-state index contributed by atoms with van der Waals surface area (Å²) in [7, 11) is 5.90. The van der Waals surface area contributed by atoms with Crippen LogP contribution in [0.2, 0.25) is 0 Å². The van der Waals surface area contributed by atoms with Gasteiger partial charge in [-0.15, -0.1) is 0 Å². The minimum absolute atomic E-state index is 0.136. The van der Waals surface area contributed by atoms with Gasteiger partial charge in [0.15, 0.2) is 12.4 Å². The van der Waals surface area contributed by atoms with E-state index in [0.717, 1.165) is 51.4 Å². The van der Waals surface area contributed by atoms with Crippen LogP contribution in [0, 0.1) is 0 Å². The Hall–Kier alpha value is -3.01. The number of carboxylic acids is 1. The molecule has 0 aliphatic rings. The fourth-order valence-electron chi connectivity index (χ4n) is 8.81. The number of carbonyl (C=O) groups is 3. The lowest BCUT2D eigenvalue weighted by Crippen LogP contribution is -2.44. The Morgan fingerprint density at radius 1 is 0.419 bits per heavy atom. The van der Waals surface area contributed by atoms with E-state index in [-0.39, 0.29) is 38.6 Å². The van der Waals surface area contributed by atoms with E-state index >= 15 is 0 Å². The van der Waals surface area contributed by atoms with Crippen LogP contribution in [0.1, 0.15) is 277 Å². The van der Waals surface area contributed by atoms with Gasteiger partial charge in [-0.25, -0.2) is 0 Å². The number of carbonyl (C=O) groups excluding carboxylic acids is 3. The molecule has 2 unspecified atom stereocenters. The first-order chi connectivity index (χ1) is 36.1. The Bertz CT molecular complexity index is 1400. The number of aliphatic carboxylic acids is 1. The van der Waals surface area contributed by atoms with E-state index < -0.39 is 24.3 Å². The monoisotopic (exact) mass is 1040 g/mol. The molecular weight excluding hydrogens is 923 g/mol. The molecule has 0 radical (unpaired) electrons. The molecule has 430 valence electrons. The summed E-state index contributed by atoms with van der Waals surface area (Å²) in [6, 6.07) is 0. The molecule has 0 heterocycles. The number of hydrogen-bond acceptors (Lipinski definition) is 8. The number of ether oxygens (including phenoxy) is 4. The molecule has 0 aliphatic heterocycles. The van der Waals surface area contributed by atoms with E-state index in [1.807, 2.05) is 21.1 Å². The van der Waals surface area contributed by atoms with Crippen molar-refractivity contribution in [1.82, 2.24) is 0 Å². The van der Waals surface area contributed by atoms with Crippen molar-refractivity contribution in [3.8, 4) is 0 Å². The van der Waals surface area contributed by atoms with Gasteiger partial charge in [0.05, 0.1) is 40.3 Å². The minimum atomic E-state index is -1.64. The summed E-state index contributed by atoms with van der Waals surface area (Å²) in [4.78, 5) is 37.2. The quantitative estimate of drug-likeness (QED) is 0.0195. The van der Waals surface area contributed by atoms with Crippen LogP contribution in [0.3, 0.4) is 0 Å². The molecule has 9 nitrogen and oxygen atoms in total. The smallest absolute Gasteiger partial charge is 0.306 e. The molecule has 0 N–H and O–H groups in total. The number of rotatable bonds is 57. The SMILES string of the molecule is CC/C=C\C/C=C\C/C=C\C/C=C\C/C=C\CCCC(=O)OC(COC(=O)CCCCCCCCCCCCCCCCCCCCCCCCCCCCCCCCCC)COC(OCC[N+](C)(C)C)C(=O)[O-]. The molecule has 0 saturated carbocycles. The maximum Gasteiger partial charge on any atom is 0.306 e. The molecule has 0 aromatic heterocycles. The lowest BCUT2D eigenvalue weighted by Gasteiger charge is -2.26. The summed E-state index contributed by atoms with van der Waals surface area (Å²) in [5, 5.41) is 11.8. The van der Waals surface area contributed by atoms with Crippen LogP contribution in [0.4, 0.5) is 0 Å². The standard InChI is InChI=1S/C65H117NO8/c1-6-8-10-12-14-16-18-20-22-24-25-26-27-28-29-30-31-32-33-34-35-36-37-38-40-41-43-45-47-49-51-53-55-62(67)72-59-61(60-73-65(64(69)70)71-58-57-66(3,4)5)74-63(68)56-54-52-50-48-46-44-42-39-23-21-19-17-15-13-11-9-7-2/h9,11,15,17,21,23,42,44,48,50,61,65H,6-8,10,12-14,16,18-20,22,24-41,43,45-47,49,51-60H2,1-5H3/b11-9-,17-15-,23-21-,44-42-,50-48-. The van der Waals surface area contributed by atoms with Crippen LogP contribution < -0.4 is 5.11 Å². The van der Waals surface area contributed by atoms with E-state index in [4.69, 9.17) is 18.9 Å². The number of likely N-dealkylation sites (N-methyl/N-ethyl adjacent to an activating group) is 1. The zero-order chi connectivity index (χ0) is 54.1. The van der Waals surface area contributed by atoms with Gasteiger partial charge in [-0.2, -0.15) is 0 Å². The van der Waals surface area contributed by atoms with Crippen molar-refractivity contribution in [1.29, 1.82) is 0 Å². The lowest BCUT2D eigenvalue weighted by atomic mass is 10.0. The summed E-state index contributed by atoms with van der Waals surface area (Å²) in [5.41, 5.74) is 0. The summed E-state index contributed by atoms with van der Waals surface area (Å²) in [6.45, 7) is 4.60. The van der Waals surface area contributed by atoms with Gasteiger partial charge in [0.1, 0.15) is 13.2 Å². The summed E-state index contributed by atoms with van der Waals surface area (Å²) in [5.74, 6) is -2.35. The molecule has 0 aromatic rings. The van der Waals surface area contributed by atoms with Gasteiger partial charge in [-0.3, -0.25) is 9.59 Å². The summed E-state index contributed by atoms with van der Waals surface area (Å²) < 4.78 is 22.6. The van der Waals surface area contributed by atoms with E-state index in [9.17, 15) is 19.5 Å². The Morgan fingerprint density at radius 2 is 0.770 bits per heavy atom. The van der Waals surface area contributed by atoms with Gasteiger partial charge in [0.2, 0.25) is 0 Å². The third kappa shape index (κ3) is 56.7. The van der Waals surface area contributed by atoms with Crippen molar-refractivity contribution >= 4 is 17.9 Å². The molecule has 0 aliphatic carbocycles. The predicted molar refractivity (Wildman–Crippen MR) is 311 cm³/mol. The molecule has 74 heavy (non-hydrogen) atoms. The minimum Gasteiger partial charge on any atom is -0.545 e. The summed E-state index contributed by atoms with van der Waals surface area (Å²) >= 11 is 0.